The van der Waals surface area contributed by atoms with E-state index in [4.69, 9.17) is 0 Å². The van der Waals surface area contributed by atoms with Crippen LogP contribution in [0, 0.1) is 6.92 Å². The van der Waals surface area contributed by atoms with Crippen LogP contribution in [0.3, 0.4) is 0 Å². The van der Waals surface area contributed by atoms with Gasteiger partial charge in [0.25, 0.3) is 5.91 Å². The normalized spacial score (nSPS) is 18.4. The molecule has 1 fully saturated rings. The molecule has 0 spiro atoms. The average Bonchev–Trinajstić information content (AvgIpc) is 2.42. The predicted octanol–water partition coefficient (Wildman–Crippen LogP) is 1.91. The van der Waals surface area contributed by atoms with Gasteiger partial charge < -0.3 is 15.3 Å². The molecule has 104 valence electrons. The molecule has 4 nitrogen and oxygen atoms in total. The molecule has 1 aromatic carbocycles. The van der Waals surface area contributed by atoms with Crippen molar-refractivity contribution in [3.8, 4) is 5.75 Å². The Hall–Kier alpha value is -1.55. The largest absolute Gasteiger partial charge is 0.508 e. The zero-order chi connectivity index (χ0) is 14.0. The molecule has 1 heterocycles. The van der Waals surface area contributed by atoms with Crippen molar-refractivity contribution in [1.82, 2.24) is 10.2 Å². The summed E-state index contributed by atoms with van der Waals surface area (Å²) >= 11 is 0. The molecule has 1 saturated heterocycles. The van der Waals surface area contributed by atoms with Gasteiger partial charge in [-0.25, -0.2) is 0 Å². The lowest BCUT2D eigenvalue weighted by atomic mass is 9.89. The Bertz CT molecular complexity index is 477. The van der Waals surface area contributed by atoms with Crippen LogP contribution in [0.5, 0.6) is 5.75 Å². The fourth-order valence-electron chi connectivity index (χ4n) is 2.42. The van der Waals surface area contributed by atoms with Gasteiger partial charge in [-0.15, -0.1) is 0 Å². The standard InChI is InChI=1S/C15H22N2O2/c1-11-10-12(4-5-13(11)18)14(19)17-8-6-15(2,16-3)7-9-17/h4-5,10,16,18H,6-9H2,1-3H3. The van der Waals surface area contributed by atoms with Crippen LogP contribution >= 0.6 is 0 Å². The molecule has 0 atom stereocenters. The first kappa shape index (κ1) is 13.9. The molecule has 2 rings (SSSR count). The maximum Gasteiger partial charge on any atom is 0.253 e. The summed E-state index contributed by atoms with van der Waals surface area (Å²) in [7, 11) is 1.97. The molecule has 0 unspecified atom stereocenters. The fourth-order valence-corrected chi connectivity index (χ4v) is 2.42. The van der Waals surface area contributed by atoms with Gasteiger partial charge in [-0.3, -0.25) is 4.79 Å². The van der Waals surface area contributed by atoms with E-state index < -0.39 is 0 Å². The van der Waals surface area contributed by atoms with Crippen LogP contribution in [0.2, 0.25) is 0 Å². The molecule has 0 aliphatic carbocycles. The van der Waals surface area contributed by atoms with Gasteiger partial charge in [0.1, 0.15) is 5.75 Å². The first-order valence-corrected chi connectivity index (χ1v) is 6.73. The molecule has 19 heavy (non-hydrogen) atoms. The number of nitrogens with one attached hydrogen (secondary N) is 1. The summed E-state index contributed by atoms with van der Waals surface area (Å²) in [6.07, 6.45) is 1.93. The second-order valence-electron chi connectivity index (χ2n) is 5.60. The second kappa shape index (κ2) is 5.21. The molecule has 0 saturated carbocycles. The van der Waals surface area contributed by atoms with Crippen molar-refractivity contribution in [2.75, 3.05) is 20.1 Å². The highest BCUT2D eigenvalue weighted by atomic mass is 16.3. The first-order chi connectivity index (χ1) is 8.95. The number of aryl methyl sites for hydroxylation is 1. The Morgan fingerprint density at radius 3 is 2.53 bits per heavy atom. The van der Waals surface area contributed by atoms with E-state index in [1.807, 2.05) is 11.9 Å². The first-order valence-electron chi connectivity index (χ1n) is 6.73. The highest BCUT2D eigenvalue weighted by Crippen LogP contribution is 2.24. The monoisotopic (exact) mass is 262 g/mol. The molecule has 1 aliphatic heterocycles. The van der Waals surface area contributed by atoms with Crippen LogP contribution in [0.15, 0.2) is 18.2 Å². The van der Waals surface area contributed by atoms with Crippen molar-refractivity contribution >= 4 is 5.91 Å². The Labute approximate surface area is 114 Å². The van der Waals surface area contributed by atoms with Gasteiger partial charge in [0, 0.05) is 24.2 Å². The van der Waals surface area contributed by atoms with E-state index >= 15 is 0 Å². The van der Waals surface area contributed by atoms with Gasteiger partial charge in [0.05, 0.1) is 0 Å². The molecule has 0 radical (unpaired) electrons. The maximum absolute atomic E-state index is 12.4. The Kier molecular flexibility index (Phi) is 3.80. The fraction of sp³-hybridized carbons (Fsp3) is 0.533. The lowest BCUT2D eigenvalue weighted by Gasteiger charge is -2.39. The molecule has 0 aromatic heterocycles. The second-order valence-corrected chi connectivity index (χ2v) is 5.60. The van der Waals surface area contributed by atoms with E-state index in [0.29, 0.717) is 5.56 Å². The van der Waals surface area contributed by atoms with Crippen LogP contribution in [-0.2, 0) is 0 Å². The number of carbonyl (C=O) groups is 1. The van der Waals surface area contributed by atoms with Crippen molar-refractivity contribution in [1.29, 1.82) is 0 Å². The van der Waals surface area contributed by atoms with E-state index in [2.05, 4.69) is 12.2 Å². The van der Waals surface area contributed by atoms with Gasteiger partial charge in [-0.05, 0) is 57.5 Å². The van der Waals surface area contributed by atoms with E-state index in [0.717, 1.165) is 31.5 Å². The quantitative estimate of drug-likeness (QED) is 0.856. The third kappa shape index (κ3) is 2.89. The average molecular weight is 262 g/mol. The minimum Gasteiger partial charge on any atom is -0.508 e. The number of piperidine rings is 1. The Morgan fingerprint density at radius 2 is 2.00 bits per heavy atom. The van der Waals surface area contributed by atoms with Crippen LogP contribution in [-0.4, -0.2) is 41.6 Å². The van der Waals surface area contributed by atoms with Crippen molar-refractivity contribution in [2.24, 2.45) is 0 Å². The Morgan fingerprint density at radius 1 is 1.37 bits per heavy atom. The molecule has 1 aromatic rings. The number of hydrogen-bond donors (Lipinski definition) is 2. The number of phenolic OH excluding ortho intramolecular Hbond substituents is 1. The smallest absolute Gasteiger partial charge is 0.253 e. The predicted molar refractivity (Wildman–Crippen MR) is 75.4 cm³/mol. The number of hydrogen-bond acceptors (Lipinski definition) is 3. The summed E-state index contributed by atoms with van der Waals surface area (Å²) in [6.45, 7) is 5.55. The highest BCUT2D eigenvalue weighted by molar-refractivity contribution is 5.94. The van der Waals surface area contributed by atoms with Crippen molar-refractivity contribution in [3.63, 3.8) is 0 Å². The van der Waals surface area contributed by atoms with Gasteiger partial charge in [0.2, 0.25) is 0 Å². The van der Waals surface area contributed by atoms with E-state index in [1.54, 1.807) is 25.1 Å². The summed E-state index contributed by atoms with van der Waals surface area (Å²) in [5, 5.41) is 12.8. The van der Waals surface area contributed by atoms with Crippen LogP contribution in [0.1, 0.15) is 35.7 Å². The number of carbonyl (C=O) groups excluding carboxylic acids is 1. The number of amides is 1. The maximum atomic E-state index is 12.4. The van der Waals surface area contributed by atoms with Crippen molar-refractivity contribution in [3.05, 3.63) is 29.3 Å². The lowest BCUT2D eigenvalue weighted by Crippen LogP contribution is -2.51. The summed E-state index contributed by atoms with van der Waals surface area (Å²) < 4.78 is 0. The molecule has 4 heteroatoms. The third-order valence-corrected chi connectivity index (χ3v) is 4.20. The number of nitrogens with zero attached hydrogens (tertiary/aromatic N) is 1. The van der Waals surface area contributed by atoms with Crippen LogP contribution in [0.25, 0.3) is 0 Å². The van der Waals surface area contributed by atoms with Gasteiger partial charge in [-0.2, -0.15) is 0 Å². The Balaban J connectivity index is 2.07. The molecule has 2 N–H and O–H groups in total. The topological polar surface area (TPSA) is 52.6 Å². The zero-order valence-corrected chi connectivity index (χ0v) is 11.9. The van der Waals surface area contributed by atoms with Crippen LogP contribution in [0.4, 0.5) is 0 Å². The van der Waals surface area contributed by atoms with E-state index in [9.17, 15) is 9.90 Å². The van der Waals surface area contributed by atoms with Crippen LogP contribution < -0.4 is 5.32 Å². The SMILES string of the molecule is CNC1(C)CCN(C(=O)c2ccc(O)c(C)c2)CC1. The lowest BCUT2D eigenvalue weighted by molar-refractivity contribution is 0.0661. The summed E-state index contributed by atoms with van der Waals surface area (Å²) in [5.41, 5.74) is 1.54. The summed E-state index contributed by atoms with van der Waals surface area (Å²) in [4.78, 5) is 14.3. The van der Waals surface area contributed by atoms with Crippen molar-refractivity contribution in [2.45, 2.75) is 32.2 Å². The minimum atomic E-state index is 0.0567. The van der Waals surface area contributed by atoms with Gasteiger partial charge >= 0.3 is 0 Å². The number of likely N-dealkylation sites (tertiary alicyclic amines) is 1. The molecular weight excluding hydrogens is 240 g/mol. The van der Waals surface area contributed by atoms with E-state index in [1.165, 1.54) is 0 Å². The highest BCUT2D eigenvalue weighted by Gasteiger charge is 2.30. The third-order valence-electron chi connectivity index (χ3n) is 4.20. The molecule has 0 bridgehead atoms. The van der Waals surface area contributed by atoms with Crippen molar-refractivity contribution < 1.29 is 9.90 Å². The number of aromatic hydroxyl groups is 1. The molecular formula is C15H22N2O2. The van der Waals surface area contributed by atoms with Gasteiger partial charge in [-0.1, -0.05) is 0 Å². The number of phenols is 1. The molecule has 1 amide bonds. The number of benzene rings is 1. The zero-order valence-electron chi connectivity index (χ0n) is 11.9. The van der Waals surface area contributed by atoms with E-state index in [-0.39, 0.29) is 17.2 Å². The number of rotatable bonds is 2. The summed E-state index contributed by atoms with van der Waals surface area (Å²) in [5.74, 6) is 0.291. The van der Waals surface area contributed by atoms with Gasteiger partial charge in [0.15, 0.2) is 0 Å². The minimum absolute atomic E-state index is 0.0567. The summed E-state index contributed by atoms with van der Waals surface area (Å²) in [6, 6.07) is 5.03. The molecule has 1 aliphatic rings.